The zero-order valence-electron chi connectivity index (χ0n) is 23.9. The van der Waals surface area contributed by atoms with Gasteiger partial charge in [-0.05, 0) is 33.6 Å². The van der Waals surface area contributed by atoms with E-state index in [1.807, 2.05) is 20.8 Å². The minimum absolute atomic E-state index is 0.173. The third-order valence-corrected chi connectivity index (χ3v) is 5.35. The van der Waals surface area contributed by atoms with Crippen LogP contribution in [0, 0.1) is 0 Å². The van der Waals surface area contributed by atoms with E-state index in [-0.39, 0.29) is 12.1 Å². The number of amides is 1. The van der Waals surface area contributed by atoms with Gasteiger partial charge in [-0.25, -0.2) is 4.79 Å². The van der Waals surface area contributed by atoms with Crippen molar-refractivity contribution < 1.29 is 42.7 Å². The molecule has 1 saturated heterocycles. The SMILES string of the molecule is CC(C)(C)OC(=O)NC1CCN(CCOCCOCCOCCOCCOCCOCCOCCN)CC1. The van der Waals surface area contributed by atoms with E-state index in [2.05, 4.69) is 10.2 Å². The van der Waals surface area contributed by atoms with Crippen LogP contribution in [0.4, 0.5) is 4.79 Å². The number of hydrogen-bond acceptors (Lipinski definition) is 11. The number of nitrogens with two attached hydrogens (primary N) is 1. The Morgan fingerprint density at radius 3 is 1.42 bits per heavy atom. The van der Waals surface area contributed by atoms with E-state index in [1.165, 1.54) is 0 Å². The molecular weight excluding hydrogens is 498 g/mol. The summed E-state index contributed by atoms with van der Waals surface area (Å²) in [4.78, 5) is 14.2. The van der Waals surface area contributed by atoms with Gasteiger partial charge >= 0.3 is 6.09 Å². The number of carbonyl (C=O) groups excluding carboxylic acids is 1. The summed E-state index contributed by atoms with van der Waals surface area (Å²) in [6.07, 6.45) is 1.51. The Morgan fingerprint density at radius 2 is 1.05 bits per heavy atom. The molecule has 0 unspecified atom stereocenters. The van der Waals surface area contributed by atoms with Gasteiger partial charge in [0.15, 0.2) is 0 Å². The molecule has 0 atom stereocenters. The fourth-order valence-electron chi connectivity index (χ4n) is 3.47. The van der Waals surface area contributed by atoms with Crippen LogP contribution in [0.15, 0.2) is 0 Å². The minimum atomic E-state index is -0.470. The van der Waals surface area contributed by atoms with Crippen molar-refractivity contribution in [3.63, 3.8) is 0 Å². The molecule has 1 heterocycles. The Kier molecular flexibility index (Phi) is 21.9. The largest absolute Gasteiger partial charge is 0.444 e. The summed E-state index contributed by atoms with van der Waals surface area (Å²) in [7, 11) is 0. The highest BCUT2D eigenvalue weighted by molar-refractivity contribution is 5.68. The normalized spacial score (nSPS) is 15.2. The van der Waals surface area contributed by atoms with E-state index in [0.29, 0.717) is 99.0 Å². The second-order valence-corrected chi connectivity index (χ2v) is 9.84. The summed E-state index contributed by atoms with van der Waals surface area (Å²) in [5.74, 6) is 0. The van der Waals surface area contributed by atoms with E-state index in [9.17, 15) is 4.79 Å². The predicted octanol–water partition coefficient (Wildman–Crippen LogP) is 1.05. The van der Waals surface area contributed by atoms with Gasteiger partial charge in [-0.1, -0.05) is 0 Å². The van der Waals surface area contributed by atoms with Crippen LogP contribution in [0.2, 0.25) is 0 Å². The van der Waals surface area contributed by atoms with Crippen molar-refractivity contribution in [2.24, 2.45) is 5.73 Å². The predicted molar refractivity (Wildman–Crippen MR) is 144 cm³/mol. The highest BCUT2D eigenvalue weighted by Gasteiger charge is 2.23. The number of hydrogen-bond donors (Lipinski definition) is 2. The maximum atomic E-state index is 11.9. The summed E-state index contributed by atoms with van der Waals surface area (Å²) < 4.78 is 43.5. The minimum Gasteiger partial charge on any atom is -0.444 e. The van der Waals surface area contributed by atoms with Crippen molar-refractivity contribution in [2.45, 2.75) is 45.3 Å². The molecule has 1 aliphatic rings. The maximum Gasteiger partial charge on any atom is 0.407 e. The first-order valence-corrected chi connectivity index (χ1v) is 13.9. The highest BCUT2D eigenvalue weighted by atomic mass is 16.6. The first kappa shape index (κ1) is 34.9. The van der Waals surface area contributed by atoms with Gasteiger partial charge in [0.25, 0.3) is 0 Å². The number of rotatable bonds is 24. The Morgan fingerprint density at radius 1 is 0.684 bits per heavy atom. The molecule has 12 heteroatoms. The number of nitrogens with zero attached hydrogens (tertiary/aromatic N) is 1. The molecule has 0 aromatic heterocycles. The third kappa shape index (κ3) is 22.9. The molecule has 226 valence electrons. The molecule has 38 heavy (non-hydrogen) atoms. The smallest absolute Gasteiger partial charge is 0.407 e. The molecule has 0 radical (unpaired) electrons. The van der Waals surface area contributed by atoms with Crippen molar-refractivity contribution in [3.8, 4) is 0 Å². The van der Waals surface area contributed by atoms with E-state index >= 15 is 0 Å². The summed E-state index contributed by atoms with van der Waals surface area (Å²) in [5, 5.41) is 2.96. The van der Waals surface area contributed by atoms with Gasteiger partial charge in [-0.15, -0.1) is 0 Å². The van der Waals surface area contributed by atoms with E-state index in [1.54, 1.807) is 0 Å². The lowest BCUT2D eigenvalue weighted by Crippen LogP contribution is -2.46. The lowest BCUT2D eigenvalue weighted by atomic mass is 10.1. The average Bonchev–Trinajstić information content (AvgIpc) is 2.87. The number of ether oxygens (including phenoxy) is 8. The second kappa shape index (κ2) is 23.8. The van der Waals surface area contributed by atoms with Gasteiger partial charge in [-0.2, -0.15) is 0 Å². The standard InChI is InChI=1S/C26H53N3O9/c1-26(2,3)38-25(30)28-24-4-7-29(8-5-24)9-11-32-13-15-34-17-19-36-21-23-37-22-20-35-18-16-33-14-12-31-10-6-27/h24H,4-23,27H2,1-3H3,(H,28,30). The first-order chi connectivity index (χ1) is 18.4. The van der Waals surface area contributed by atoms with Gasteiger partial charge in [0, 0.05) is 32.2 Å². The van der Waals surface area contributed by atoms with Crippen molar-refractivity contribution in [1.82, 2.24) is 10.2 Å². The quantitative estimate of drug-likeness (QED) is 0.167. The number of likely N-dealkylation sites (tertiary alicyclic amines) is 1. The van der Waals surface area contributed by atoms with Gasteiger partial charge in [0.1, 0.15) is 5.60 Å². The zero-order valence-corrected chi connectivity index (χ0v) is 23.9. The number of carbonyl (C=O) groups is 1. The van der Waals surface area contributed by atoms with Crippen molar-refractivity contribution in [2.75, 3.05) is 119 Å². The molecule has 1 amide bonds. The Hall–Kier alpha value is -1.09. The topological polar surface area (TPSA) is 132 Å². The molecule has 0 aromatic rings. The summed E-state index contributed by atoms with van der Waals surface area (Å²) >= 11 is 0. The van der Waals surface area contributed by atoms with Crippen LogP contribution in [0.3, 0.4) is 0 Å². The van der Waals surface area contributed by atoms with Crippen molar-refractivity contribution in [1.29, 1.82) is 0 Å². The molecule has 0 saturated carbocycles. The van der Waals surface area contributed by atoms with Crippen LogP contribution in [0.5, 0.6) is 0 Å². The third-order valence-electron chi connectivity index (χ3n) is 5.35. The highest BCUT2D eigenvalue weighted by Crippen LogP contribution is 2.12. The van der Waals surface area contributed by atoms with Gasteiger partial charge < -0.3 is 53.8 Å². The molecular formula is C26H53N3O9. The van der Waals surface area contributed by atoms with Crippen LogP contribution in [0.25, 0.3) is 0 Å². The molecule has 0 bridgehead atoms. The fourth-order valence-corrected chi connectivity index (χ4v) is 3.47. The van der Waals surface area contributed by atoms with Crippen LogP contribution < -0.4 is 11.1 Å². The van der Waals surface area contributed by atoms with Crippen LogP contribution in [-0.4, -0.2) is 141 Å². The monoisotopic (exact) mass is 551 g/mol. The van der Waals surface area contributed by atoms with E-state index in [4.69, 9.17) is 43.6 Å². The lowest BCUT2D eigenvalue weighted by Gasteiger charge is -2.32. The van der Waals surface area contributed by atoms with E-state index < -0.39 is 5.60 Å². The number of alkyl carbamates (subject to hydrolysis) is 1. The molecule has 0 aromatic carbocycles. The molecule has 1 fully saturated rings. The average molecular weight is 552 g/mol. The van der Waals surface area contributed by atoms with Crippen molar-refractivity contribution in [3.05, 3.63) is 0 Å². The Bertz CT molecular complexity index is 545. The fraction of sp³-hybridized carbons (Fsp3) is 0.962. The molecule has 3 N–H and O–H groups in total. The number of piperidine rings is 1. The van der Waals surface area contributed by atoms with Crippen molar-refractivity contribution >= 4 is 6.09 Å². The lowest BCUT2D eigenvalue weighted by molar-refractivity contribution is -0.0209. The van der Waals surface area contributed by atoms with Crippen LogP contribution in [0.1, 0.15) is 33.6 Å². The van der Waals surface area contributed by atoms with Gasteiger partial charge in [0.2, 0.25) is 0 Å². The summed E-state index contributed by atoms with van der Waals surface area (Å²) in [6.45, 7) is 16.6. The molecule has 1 aliphatic heterocycles. The molecule has 0 spiro atoms. The van der Waals surface area contributed by atoms with Gasteiger partial charge in [0.05, 0.1) is 92.5 Å². The molecule has 0 aliphatic carbocycles. The zero-order chi connectivity index (χ0) is 27.7. The summed E-state index contributed by atoms with van der Waals surface area (Å²) in [5.41, 5.74) is 4.86. The van der Waals surface area contributed by atoms with E-state index in [0.717, 1.165) is 32.5 Å². The molecule has 12 nitrogen and oxygen atoms in total. The maximum absolute atomic E-state index is 11.9. The molecule has 1 rings (SSSR count). The first-order valence-electron chi connectivity index (χ1n) is 13.9. The Labute approximate surface area is 229 Å². The van der Waals surface area contributed by atoms with Crippen LogP contribution in [-0.2, 0) is 37.9 Å². The second-order valence-electron chi connectivity index (χ2n) is 9.84. The summed E-state index contributed by atoms with van der Waals surface area (Å²) in [6, 6.07) is 0.173. The van der Waals surface area contributed by atoms with Crippen LogP contribution >= 0.6 is 0 Å². The number of nitrogens with one attached hydrogen (secondary N) is 1. The Balaban J connectivity index is 1.75. The van der Waals surface area contributed by atoms with Gasteiger partial charge in [-0.3, -0.25) is 0 Å².